The molecule has 1 aromatic carbocycles. The van der Waals surface area contributed by atoms with E-state index in [1.54, 1.807) is 6.07 Å². The predicted octanol–water partition coefficient (Wildman–Crippen LogP) is 0.289. The highest BCUT2D eigenvalue weighted by Gasteiger charge is 2.21. The average Bonchev–Trinajstić information content (AvgIpc) is 2.81. The van der Waals surface area contributed by atoms with Crippen LogP contribution in [0.2, 0.25) is 0 Å². The summed E-state index contributed by atoms with van der Waals surface area (Å²) >= 11 is 0. The smallest absolute Gasteiger partial charge is 0.430 e. The molecular weight excluding hydrogens is 232 g/mol. The molecule has 1 fully saturated rings. The van der Waals surface area contributed by atoms with Crippen LogP contribution in [-0.2, 0) is 0 Å². The number of nitrogens with zero attached hydrogens (tertiary/aromatic N) is 3. The Hall–Kier alpha value is -2.24. The third-order valence-corrected chi connectivity index (χ3v) is 3.37. The first-order valence-corrected chi connectivity index (χ1v) is 5.96. The Labute approximate surface area is 104 Å². The lowest BCUT2D eigenvalue weighted by atomic mass is 10.1. The predicted molar refractivity (Wildman–Crippen MR) is 67.7 cm³/mol. The summed E-state index contributed by atoms with van der Waals surface area (Å²) in [5, 5.41) is 23.8. The summed E-state index contributed by atoms with van der Waals surface area (Å²) in [7, 11) is 0. The van der Waals surface area contributed by atoms with Gasteiger partial charge in [0.2, 0.25) is 6.20 Å². The van der Waals surface area contributed by atoms with E-state index in [1.165, 1.54) is 6.20 Å². The van der Waals surface area contributed by atoms with E-state index in [2.05, 4.69) is 4.90 Å². The number of nitrogens with two attached hydrogens (primary N) is 1. The molecule has 0 atom stereocenters. The summed E-state index contributed by atoms with van der Waals surface area (Å²) in [4.78, 5) is 2.18. The van der Waals surface area contributed by atoms with Gasteiger partial charge in [-0.05, 0) is 25.0 Å². The fraction of sp³-hybridized carbons (Fsp3) is 0.333. The molecule has 1 aliphatic heterocycles. The van der Waals surface area contributed by atoms with Crippen molar-refractivity contribution in [2.75, 3.05) is 23.7 Å². The molecule has 2 heterocycles. The van der Waals surface area contributed by atoms with Gasteiger partial charge in [0.1, 0.15) is 11.1 Å². The van der Waals surface area contributed by atoms with Crippen molar-refractivity contribution in [2.45, 2.75) is 12.8 Å². The van der Waals surface area contributed by atoms with Crippen molar-refractivity contribution in [3.05, 3.63) is 35.1 Å². The maximum Gasteiger partial charge on any atom is 0.430 e. The number of benzene rings is 1. The van der Waals surface area contributed by atoms with E-state index in [0.29, 0.717) is 26.1 Å². The summed E-state index contributed by atoms with van der Waals surface area (Å²) < 4.78 is 1.06. The van der Waals surface area contributed by atoms with Crippen molar-refractivity contribution in [1.29, 1.82) is 0 Å². The van der Waals surface area contributed by atoms with Crippen LogP contribution in [0.15, 0.2) is 24.7 Å². The second kappa shape index (κ2) is 3.90. The van der Waals surface area contributed by atoms with Gasteiger partial charge in [-0.25, -0.2) is 0 Å². The van der Waals surface area contributed by atoms with Gasteiger partial charge in [0.15, 0.2) is 0 Å². The van der Waals surface area contributed by atoms with Crippen LogP contribution >= 0.6 is 0 Å². The van der Waals surface area contributed by atoms with Crippen molar-refractivity contribution in [3.8, 4) is 0 Å². The van der Waals surface area contributed by atoms with E-state index in [-0.39, 0.29) is 0 Å². The Morgan fingerprint density at radius 2 is 1.89 bits per heavy atom. The lowest BCUT2D eigenvalue weighted by molar-refractivity contribution is -0.730. The Morgan fingerprint density at radius 3 is 2.61 bits per heavy atom. The van der Waals surface area contributed by atoms with Gasteiger partial charge in [-0.1, -0.05) is 0 Å². The molecule has 0 amide bonds. The Kier molecular flexibility index (Phi) is 2.36. The minimum absolute atomic E-state index is 0.367. The van der Waals surface area contributed by atoms with Crippen molar-refractivity contribution in [2.24, 2.45) is 0 Å². The minimum Gasteiger partial charge on any atom is -0.614 e. The molecule has 1 aromatic heterocycles. The van der Waals surface area contributed by atoms with Crippen LogP contribution in [0.1, 0.15) is 12.8 Å². The van der Waals surface area contributed by atoms with E-state index < -0.39 is 0 Å². The van der Waals surface area contributed by atoms with E-state index >= 15 is 0 Å². The molecule has 94 valence electrons. The third-order valence-electron chi connectivity index (χ3n) is 3.37. The molecule has 0 aliphatic carbocycles. The number of hydrogen-bond acceptors (Lipinski definition) is 4. The highest BCUT2D eigenvalue weighted by atomic mass is 16.5. The maximum absolute atomic E-state index is 11.8. The first kappa shape index (κ1) is 10.9. The van der Waals surface area contributed by atoms with Crippen LogP contribution in [0.5, 0.6) is 0 Å². The molecule has 1 saturated heterocycles. The first-order chi connectivity index (χ1) is 8.66. The molecule has 3 rings (SSSR count). The van der Waals surface area contributed by atoms with Gasteiger partial charge >= 0.3 is 6.33 Å². The van der Waals surface area contributed by atoms with Crippen LogP contribution in [0.4, 0.5) is 11.4 Å². The number of aromatic nitrogens is 2. The van der Waals surface area contributed by atoms with Crippen molar-refractivity contribution in [1.82, 2.24) is 0 Å². The van der Waals surface area contributed by atoms with Crippen LogP contribution in [0.25, 0.3) is 10.9 Å². The quantitative estimate of drug-likeness (QED) is 0.445. The molecule has 0 saturated carbocycles. The summed E-state index contributed by atoms with van der Waals surface area (Å²) in [6.07, 6.45) is 4.61. The maximum atomic E-state index is 11.8. The number of hydrogen-bond donors (Lipinski definition) is 1. The zero-order chi connectivity index (χ0) is 12.7. The monoisotopic (exact) mass is 246 g/mol. The van der Waals surface area contributed by atoms with Crippen LogP contribution in [0.3, 0.4) is 0 Å². The van der Waals surface area contributed by atoms with Crippen LogP contribution in [0, 0.1) is 10.4 Å². The third kappa shape index (κ3) is 1.57. The molecule has 0 bridgehead atoms. The largest absolute Gasteiger partial charge is 0.614 e. The van der Waals surface area contributed by atoms with Crippen molar-refractivity contribution < 1.29 is 9.46 Å². The molecule has 0 spiro atoms. The summed E-state index contributed by atoms with van der Waals surface area (Å²) in [6, 6.07) is 3.60. The number of fused-ring (bicyclic) bond motifs is 1. The SMILES string of the molecule is Nc1ccc(N2CCCC2)c2c[n+]([O-])c[n+]([O-])c12. The van der Waals surface area contributed by atoms with Crippen molar-refractivity contribution >= 4 is 22.3 Å². The van der Waals surface area contributed by atoms with Gasteiger partial charge in [-0.2, -0.15) is 0 Å². The van der Waals surface area contributed by atoms with Gasteiger partial charge in [0.05, 0.1) is 5.69 Å². The zero-order valence-corrected chi connectivity index (χ0v) is 9.87. The van der Waals surface area contributed by atoms with Crippen LogP contribution < -0.4 is 20.1 Å². The Bertz CT molecular complexity index is 609. The van der Waals surface area contributed by atoms with Gasteiger partial charge in [0.25, 0.3) is 5.52 Å². The molecule has 2 aromatic rings. The molecule has 0 radical (unpaired) electrons. The van der Waals surface area contributed by atoms with E-state index in [4.69, 9.17) is 5.73 Å². The lowest BCUT2D eigenvalue weighted by Crippen LogP contribution is -2.41. The topological polar surface area (TPSA) is 83.1 Å². The summed E-state index contributed by atoms with van der Waals surface area (Å²) in [6.45, 7) is 1.90. The number of rotatable bonds is 1. The molecular formula is C12H14N4O2. The second-order valence-electron chi connectivity index (χ2n) is 4.56. The average molecular weight is 246 g/mol. The highest BCUT2D eigenvalue weighted by molar-refractivity contribution is 5.96. The summed E-state index contributed by atoms with van der Waals surface area (Å²) in [5.41, 5.74) is 7.49. The van der Waals surface area contributed by atoms with E-state index in [1.807, 2.05) is 6.07 Å². The fourth-order valence-corrected chi connectivity index (χ4v) is 2.54. The first-order valence-electron chi connectivity index (χ1n) is 5.96. The summed E-state index contributed by atoms with van der Waals surface area (Å²) in [5.74, 6) is 0. The van der Waals surface area contributed by atoms with E-state index in [0.717, 1.165) is 37.9 Å². The Morgan fingerprint density at radius 1 is 1.17 bits per heavy atom. The highest BCUT2D eigenvalue weighted by Crippen LogP contribution is 2.30. The minimum atomic E-state index is 0.367. The molecule has 6 heteroatoms. The standard InChI is InChI=1S/C12H14N4O2/c13-10-3-4-11(14-5-1-2-6-14)9-7-15(17)8-16(18)12(9)10/h3-4,7-8H,1-2,5-6,13H2. The second-order valence-corrected chi connectivity index (χ2v) is 4.56. The van der Waals surface area contributed by atoms with Gasteiger partial charge in [-0.3, -0.25) is 0 Å². The van der Waals surface area contributed by atoms with E-state index in [9.17, 15) is 10.4 Å². The normalized spacial score (nSPS) is 15.4. The van der Waals surface area contributed by atoms with Gasteiger partial charge < -0.3 is 21.0 Å². The Balaban J connectivity index is 2.29. The molecule has 6 nitrogen and oxygen atoms in total. The number of nitrogen functional groups attached to an aromatic ring is 1. The van der Waals surface area contributed by atoms with Crippen molar-refractivity contribution in [3.63, 3.8) is 0 Å². The number of anilines is 2. The van der Waals surface area contributed by atoms with Gasteiger partial charge in [-0.15, -0.1) is 9.46 Å². The molecule has 0 unspecified atom stereocenters. The molecule has 18 heavy (non-hydrogen) atoms. The van der Waals surface area contributed by atoms with Gasteiger partial charge in [0, 0.05) is 13.1 Å². The lowest BCUT2D eigenvalue weighted by Gasteiger charge is -2.19. The molecule has 2 N–H and O–H groups in total. The molecule has 1 aliphatic rings. The zero-order valence-electron chi connectivity index (χ0n) is 9.87. The fourth-order valence-electron chi connectivity index (χ4n) is 2.54. The van der Waals surface area contributed by atoms with Crippen LogP contribution in [-0.4, -0.2) is 13.1 Å².